The molecule has 1 heterocycles. The molecule has 1 amide bonds. The van der Waals surface area contributed by atoms with E-state index in [0.717, 1.165) is 11.6 Å². The standard InChI is InChI=1S/C18H16N4O4S/c1-27(24,25)16-10-11(17(23)22-18(19)20)7-8-15(16)26-14-6-2-5-13-12(14)4-3-9-21-13/h2-10H,1H3,(H4,19,20,22,23). The summed E-state index contributed by atoms with van der Waals surface area (Å²) < 4.78 is 30.3. The van der Waals surface area contributed by atoms with Gasteiger partial charge in [0.1, 0.15) is 16.4 Å². The molecule has 138 valence electrons. The zero-order valence-electron chi connectivity index (χ0n) is 14.3. The Morgan fingerprint density at radius 2 is 1.85 bits per heavy atom. The summed E-state index contributed by atoms with van der Waals surface area (Å²) in [5.74, 6) is -0.644. The molecule has 0 spiro atoms. The van der Waals surface area contributed by atoms with Crippen molar-refractivity contribution >= 4 is 32.6 Å². The molecule has 0 fully saturated rings. The SMILES string of the molecule is CS(=O)(=O)c1cc(C(=O)N=C(N)N)ccc1Oc1cccc2ncccc12. The topological polar surface area (TPSA) is 138 Å². The van der Waals surface area contributed by atoms with Crippen molar-refractivity contribution in [1.29, 1.82) is 0 Å². The van der Waals surface area contributed by atoms with Crippen molar-refractivity contribution in [3.05, 3.63) is 60.3 Å². The first-order valence-electron chi connectivity index (χ1n) is 7.75. The largest absolute Gasteiger partial charge is 0.455 e. The van der Waals surface area contributed by atoms with Crippen LogP contribution in [0.1, 0.15) is 10.4 Å². The van der Waals surface area contributed by atoms with Crippen LogP contribution in [-0.2, 0) is 9.84 Å². The Morgan fingerprint density at radius 1 is 1.07 bits per heavy atom. The molecule has 0 aliphatic rings. The first-order valence-corrected chi connectivity index (χ1v) is 9.64. The molecule has 27 heavy (non-hydrogen) atoms. The van der Waals surface area contributed by atoms with Crippen molar-refractivity contribution in [3.63, 3.8) is 0 Å². The number of pyridine rings is 1. The molecule has 2 aromatic carbocycles. The van der Waals surface area contributed by atoms with Crippen LogP contribution in [0.15, 0.2) is 64.6 Å². The molecule has 0 saturated heterocycles. The highest BCUT2D eigenvalue weighted by atomic mass is 32.2. The van der Waals surface area contributed by atoms with E-state index in [1.165, 1.54) is 18.2 Å². The minimum atomic E-state index is -3.70. The molecule has 3 rings (SSSR count). The van der Waals surface area contributed by atoms with Gasteiger partial charge < -0.3 is 16.2 Å². The van der Waals surface area contributed by atoms with Crippen molar-refractivity contribution in [2.75, 3.05) is 6.26 Å². The smallest absolute Gasteiger partial charge is 0.280 e. The van der Waals surface area contributed by atoms with Gasteiger partial charge in [-0.25, -0.2) is 8.42 Å². The van der Waals surface area contributed by atoms with Crippen LogP contribution in [0.5, 0.6) is 11.5 Å². The van der Waals surface area contributed by atoms with Gasteiger partial charge in [-0.2, -0.15) is 4.99 Å². The second-order valence-corrected chi connectivity index (χ2v) is 7.69. The summed E-state index contributed by atoms with van der Waals surface area (Å²) in [4.78, 5) is 19.5. The molecule has 4 N–H and O–H groups in total. The van der Waals surface area contributed by atoms with Crippen molar-refractivity contribution in [2.24, 2.45) is 16.5 Å². The first kappa shape index (κ1) is 18.3. The number of carbonyl (C=O) groups is 1. The van der Waals surface area contributed by atoms with E-state index in [4.69, 9.17) is 16.2 Å². The Hall–Kier alpha value is -3.46. The number of aromatic nitrogens is 1. The van der Waals surface area contributed by atoms with Crippen molar-refractivity contribution in [1.82, 2.24) is 4.98 Å². The van der Waals surface area contributed by atoms with Crippen LogP contribution in [0.4, 0.5) is 0 Å². The van der Waals surface area contributed by atoms with Gasteiger partial charge in [-0.05, 0) is 42.5 Å². The quantitative estimate of drug-likeness (QED) is 0.517. The minimum Gasteiger partial charge on any atom is -0.455 e. The van der Waals surface area contributed by atoms with E-state index >= 15 is 0 Å². The third kappa shape index (κ3) is 4.04. The number of aliphatic imine (C=N–C) groups is 1. The zero-order valence-corrected chi connectivity index (χ0v) is 15.1. The summed E-state index contributed by atoms with van der Waals surface area (Å²) in [6, 6.07) is 12.8. The van der Waals surface area contributed by atoms with E-state index in [1.54, 1.807) is 24.4 Å². The van der Waals surface area contributed by atoms with Crippen LogP contribution in [0.3, 0.4) is 0 Å². The maximum absolute atomic E-state index is 12.2. The second-order valence-electron chi connectivity index (χ2n) is 5.70. The van der Waals surface area contributed by atoms with E-state index in [9.17, 15) is 13.2 Å². The number of hydrogen-bond donors (Lipinski definition) is 2. The average Bonchev–Trinajstić information content (AvgIpc) is 2.61. The molecule has 0 atom stereocenters. The lowest BCUT2D eigenvalue weighted by atomic mass is 10.2. The predicted octanol–water partition coefficient (Wildman–Crippen LogP) is 1.84. The number of rotatable bonds is 4. The third-order valence-electron chi connectivity index (χ3n) is 3.65. The Kier molecular flexibility index (Phi) is 4.78. The number of ether oxygens (including phenoxy) is 1. The van der Waals surface area contributed by atoms with Gasteiger partial charge in [0, 0.05) is 23.4 Å². The number of fused-ring (bicyclic) bond motifs is 1. The molecule has 0 unspecified atom stereocenters. The fraction of sp³-hybridized carbons (Fsp3) is 0.0556. The molecule has 8 nitrogen and oxygen atoms in total. The van der Waals surface area contributed by atoms with Crippen LogP contribution in [0.25, 0.3) is 10.9 Å². The highest BCUT2D eigenvalue weighted by molar-refractivity contribution is 7.90. The van der Waals surface area contributed by atoms with E-state index in [1.807, 2.05) is 12.1 Å². The highest BCUT2D eigenvalue weighted by Gasteiger charge is 2.19. The van der Waals surface area contributed by atoms with E-state index in [0.29, 0.717) is 11.3 Å². The molecule has 0 aliphatic carbocycles. The number of nitrogens with two attached hydrogens (primary N) is 2. The fourth-order valence-electron chi connectivity index (χ4n) is 2.48. The molecule has 0 bridgehead atoms. The Balaban J connectivity index is 2.10. The predicted molar refractivity (Wildman–Crippen MR) is 102 cm³/mol. The lowest BCUT2D eigenvalue weighted by Crippen LogP contribution is -2.24. The highest BCUT2D eigenvalue weighted by Crippen LogP contribution is 2.33. The summed E-state index contributed by atoms with van der Waals surface area (Å²) in [5.41, 5.74) is 11.1. The van der Waals surface area contributed by atoms with Gasteiger partial charge in [-0.1, -0.05) is 6.07 Å². The van der Waals surface area contributed by atoms with Crippen LogP contribution < -0.4 is 16.2 Å². The summed E-state index contributed by atoms with van der Waals surface area (Å²) in [5, 5.41) is 0.722. The minimum absolute atomic E-state index is 0.0239. The summed E-state index contributed by atoms with van der Waals surface area (Å²) >= 11 is 0. The lowest BCUT2D eigenvalue weighted by molar-refractivity contribution is 0.100. The van der Waals surface area contributed by atoms with E-state index in [-0.39, 0.29) is 16.2 Å². The molecular formula is C18H16N4O4S. The van der Waals surface area contributed by atoms with Gasteiger partial charge in [0.2, 0.25) is 0 Å². The Bertz CT molecular complexity index is 1160. The van der Waals surface area contributed by atoms with Gasteiger partial charge >= 0.3 is 0 Å². The van der Waals surface area contributed by atoms with Crippen LogP contribution in [-0.4, -0.2) is 31.5 Å². The number of sulfone groups is 1. The molecule has 3 aromatic rings. The van der Waals surface area contributed by atoms with E-state index in [2.05, 4.69) is 9.98 Å². The molecular weight excluding hydrogens is 368 g/mol. The fourth-order valence-corrected chi connectivity index (χ4v) is 3.30. The van der Waals surface area contributed by atoms with Gasteiger partial charge in [-0.15, -0.1) is 0 Å². The van der Waals surface area contributed by atoms with Gasteiger partial charge in [-0.3, -0.25) is 9.78 Å². The van der Waals surface area contributed by atoms with Crippen molar-refractivity contribution < 1.29 is 17.9 Å². The first-order chi connectivity index (χ1) is 12.8. The Morgan fingerprint density at radius 3 is 2.56 bits per heavy atom. The van der Waals surface area contributed by atoms with Gasteiger partial charge in [0.05, 0.1) is 5.52 Å². The monoisotopic (exact) mass is 384 g/mol. The van der Waals surface area contributed by atoms with Crippen molar-refractivity contribution in [2.45, 2.75) is 4.90 Å². The van der Waals surface area contributed by atoms with Gasteiger partial charge in [0.25, 0.3) is 5.91 Å². The number of carbonyl (C=O) groups excluding carboxylic acids is 1. The maximum Gasteiger partial charge on any atom is 0.280 e. The number of guanidine groups is 1. The molecule has 0 aliphatic heterocycles. The zero-order chi connectivity index (χ0) is 19.6. The molecule has 0 radical (unpaired) electrons. The number of benzene rings is 2. The van der Waals surface area contributed by atoms with Gasteiger partial charge in [0.15, 0.2) is 15.8 Å². The number of nitrogens with zero attached hydrogens (tertiary/aromatic N) is 2. The Labute approximate surface area is 155 Å². The average molecular weight is 384 g/mol. The summed E-state index contributed by atoms with van der Waals surface area (Å²) in [6.45, 7) is 0. The van der Waals surface area contributed by atoms with E-state index < -0.39 is 21.7 Å². The molecule has 9 heteroatoms. The maximum atomic E-state index is 12.2. The molecule has 0 saturated carbocycles. The lowest BCUT2D eigenvalue weighted by Gasteiger charge is -2.12. The third-order valence-corrected chi connectivity index (χ3v) is 4.76. The van der Waals surface area contributed by atoms with Crippen molar-refractivity contribution in [3.8, 4) is 11.5 Å². The second kappa shape index (κ2) is 7.04. The normalized spacial score (nSPS) is 11.1. The summed E-state index contributed by atoms with van der Waals surface area (Å²) in [7, 11) is -3.70. The van der Waals surface area contributed by atoms with Crippen LogP contribution in [0.2, 0.25) is 0 Å². The van der Waals surface area contributed by atoms with Crippen LogP contribution >= 0.6 is 0 Å². The number of hydrogen-bond acceptors (Lipinski definition) is 5. The summed E-state index contributed by atoms with van der Waals surface area (Å²) in [6.07, 6.45) is 2.67. The molecule has 1 aromatic heterocycles. The van der Waals surface area contributed by atoms with Crippen LogP contribution in [0, 0.1) is 0 Å². The number of amides is 1.